The van der Waals surface area contributed by atoms with Gasteiger partial charge in [0.2, 0.25) is 0 Å². The standard InChI is InChI=1S/C14H23ClN2O2/c1-9(2)17-8-10(15)7-11(17)12(18)16-13(3,4)14(5,6)19/h7-9,19H,1-6H3,(H,16,18). The maximum absolute atomic E-state index is 12.3. The fraction of sp³-hybridized carbons (Fsp3) is 0.643. The molecule has 1 heterocycles. The summed E-state index contributed by atoms with van der Waals surface area (Å²) >= 11 is 5.96. The first-order valence-electron chi connectivity index (χ1n) is 6.38. The van der Waals surface area contributed by atoms with Crippen molar-refractivity contribution in [3.05, 3.63) is 23.0 Å². The van der Waals surface area contributed by atoms with Crippen LogP contribution in [0.5, 0.6) is 0 Å². The van der Waals surface area contributed by atoms with Crippen LogP contribution in [0.3, 0.4) is 0 Å². The van der Waals surface area contributed by atoms with Crippen LogP contribution in [0.25, 0.3) is 0 Å². The quantitative estimate of drug-likeness (QED) is 0.894. The van der Waals surface area contributed by atoms with Crippen LogP contribution in [-0.2, 0) is 0 Å². The molecule has 1 rings (SSSR count). The predicted molar refractivity (Wildman–Crippen MR) is 77.7 cm³/mol. The van der Waals surface area contributed by atoms with Gasteiger partial charge in [0.05, 0.1) is 16.2 Å². The summed E-state index contributed by atoms with van der Waals surface area (Å²) in [5.41, 5.74) is -1.28. The number of rotatable bonds is 4. The molecule has 0 aliphatic rings. The molecule has 0 saturated carbocycles. The molecule has 0 spiro atoms. The van der Waals surface area contributed by atoms with Crippen LogP contribution in [0, 0.1) is 0 Å². The van der Waals surface area contributed by atoms with Crippen LogP contribution in [0.1, 0.15) is 58.1 Å². The van der Waals surface area contributed by atoms with Crippen LogP contribution >= 0.6 is 11.6 Å². The Morgan fingerprint density at radius 1 is 1.37 bits per heavy atom. The number of hydrogen-bond donors (Lipinski definition) is 2. The van der Waals surface area contributed by atoms with Crippen molar-refractivity contribution in [2.24, 2.45) is 0 Å². The summed E-state index contributed by atoms with van der Waals surface area (Å²) in [7, 11) is 0. The largest absolute Gasteiger partial charge is 0.388 e. The van der Waals surface area contributed by atoms with Gasteiger partial charge in [-0.2, -0.15) is 0 Å². The number of aromatic nitrogens is 1. The Morgan fingerprint density at radius 2 is 1.89 bits per heavy atom. The monoisotopic (exact) mass is 286 g/mol. The van der Waals surface area contributed by atoms with Gasteiger partial charge in [-0.3, -0.25) is 4.79 Å². The van der Waals surface area contributed by atoms with Crippen LogP contribution in [-0.4, -0.2) is 26.7 Å². The lowest BCUT2D eigenvalue weighted by Crippen LogP contribution is -2.57. The number of halogens is 1. The molecular formula is C14H23ClN2O2. The van der Waals surface area contributed by atoms with Gasteiger partial charge in [0.25, 0.3) is 5.91 Å². The fourth-order valence-electron chi connectivity index (χ4n) is 1.56. The van der Waals surface area contributed by atoms with Gasteiger partial charge in [0, 0.05) is 12.2 Å². The van der Waals surface area contributed by atoms with Crippen molar-refractivity contribution < 1.29 is 9.90 Å². The van der Waals surface area contributed by atoms with Crippen molar-refractivity contribution in [3.63, 3.8) is 0 Å². The Morgan fingerprint density at radius 3 is 2.32 bits per heavy atom. The van der Waals surface area contributed by atoms with Gasteiger partial charge >= 0.3 is 0 Å². The molecule has 108 valence electrons. The average Bonchev–Trinajstić information content (AvgIpc) is 2.58. The molecule has 1 aromatic rings. The molecule has 0 atom stereocenters. The third-order valence-corrected chi connectivity index (χ3v) is 3.77. The highest BCUT2D eigenvalue weighted by molar-refractivity contribution is 6.31. The Balaban J connectivity index is 3.03. The molecular weight excluding hydrogens is 264 g/mol. The summed E-state index contributed by atoms with van der Waals surface area (Å²) in [6, 6.07) is 1.77. The lowest BCUT2D eigenvalue weighted by Gasteiger charge is -2.38. The van der Waals surface area contributed by atoms with Gasteiger partial charge in [-0.1, -0.05) is 11.6 Å². The second-order valence-electron chi connectivity index (χ2n) is 6.18. The zero-order chi connectivity index (χ0) is 15.0. The Labute approximate surface area is 119 Å². The van der Waals surface area contributed by atoms with E-state index in [2.05, 4.69) is 5.32 Å². The highest BCUT2D eigenvalue weighted by Gasteiger charge is 2.37. The first-order valence-corrected chi connectivity index (χ1v) is 6.76. The summed E-state index contributed by atoms with van der Waals surface area (Å²) in [5, 5.41) is 13.5. The second-order valence-corrected chi connectivity index (χ2v) is 6.62. The molecule has 0 aromatic carbocycles. The van der Waals surface area contributed by atoms with Gasteiger partial charge in [-0.05, 0) is 47.6 Å². The number of hydrogen-bond acceptors (Lipinski definition) is 2. The van der Waals surface area contributed by atoms with E-state index >= 15 is 0 Å². The van der Waals surface area contributed by atoms with Gasteiger partial charge in [-0.25, -0.2) is 0 Å². The first kappa shape index (κ1) is 16.1. The van der Waals surface area contributed by atoms with Gasteiger partial charge < -0.3 is 15.0 Å². The molecule has 1 aromatic heterocycles. The van der Waals surface area contributed by atoms with E-state index in [9.17, 15) is 9.90 Å². The van der Waals surface area contributed by atoms with E-state index in [4.69, 9.17) is 11.6 Å². The number of aliphatic hydroxyl groups is 1. The third kappa shape index (κ3) is 3.51. The van der Waals surface area contributed by atoms with E-state index in [1.807, 2.05) is 18.4 Å². The van der Waals surface area contributed by atoms with Crippen LogP contribution in [0.2, 0.25) is 5.02 Å². The minimum Gasteiger partial charge on any atom is -0.388 e. The second kappa shape index (κ2) is 5.17. The number of nitrogens with zero attached hydrogens (tertiary/aromatic N) is 1. The third-order valence-electron chi connectivity index (χ3n) is 3.56. The first-order chi connectivity index (χ1) is 8.45. The summed E-state index contributed by atoms with van der Waals surface area (Å²) in [5.74, 6) is -0.243. The average molecular weight is 287 g/mol. The van der Waals surface area contributed by atoms with Crippen molar-refractivity contribution >= 4 is 17.5 Å². The minimum atomic E-state index is -1.03. The predicted octanol–water partition coefficient (Wildman–Crippen LogP) is 3.00. The Bertz CT molecular complexity index is 470. The van der Waals surface area contributed by atoms with Crippen LogP contribution in [0.15, 0.2) is 12.3 Å². The molecule has 0 bridgehead atoms. The molecule has 0 aliphatic heterocycles. The smallest absolute Gasteiger partial charge is 0.268 e. The SMILES string of the molecule is CC(C)n1cc(Cl)cc1C(=O)NC(C)(C)C(C)(C)O. The van der Waals surface area contributed by atoms with Crippen molar-refractivity contribution in [3.8, 4) is 0 Å². The van der Waals surface area contributed by atoms with Gasteiger partial charge in [0.1, 0.15) is 5.69 Å². The van der Waals surface area contributed by atoms with Crippen LogP contribution in [0.4, 0.5) is 0 Å². The maximum atomic E-state index is 12.3. The van der Waals surface area contributed by atoms with Crippen LogP contribution < -0.4 is 5.32 Å². The molecule has 0 aliphatic carbocycles. The van der Waals surface area contributed by atoms with Crippen molar-refractivity contribution in [2.75, 3.05) is 0 Å². The molecule has 19 heavy (non-hydrogen) atoms. The lowest BCUT2D eigenvalue weighted by atomic mass is 9.86. The molecule has 5 heteroatoms. The molecule has 0 unspecified atom stereocenters. The van der Waals surface area contributed by atoms with E-state index in [-0.39, 0.29) is 11.9 Å². The number of nitrogens with one attached hydrogen (secondary N) is 1. The van der Waals surface area contributed by atoms with Gasteiger partial charge in [0.15, 0.2) is 0 Å². The topological polar surface area (TPSA) is 54.3 Å². The Kier molecular flexibility index (Phi) is 4.37. The molecule has 0 fully saturated rings. The van der Waals surface area contributed by atoms with E-state index in [1.54, 1.807) is 40.0 Å². The molecule has 0 saturated heterocycles. The maximum Gasteiger partial charge on any atom is 0.268 e. The normalized spacial score (nSPS) is 12.9. The van der Waals surface area contributed by atoms with E-state index in [1.165, 1.54) is 0 Å². The number of carbonyl (C=O) groups is 1. The highest BCUT2D eigenvalue weighted by atomic mass is 35.5. The van der Waals surface area contributed by atoms with Crippen molar-refractivity contribution in [1.82, 2.24) is 9.88 Å². The van der Waals surface area contributed by atoms with E-state index in [0.29, 0.717) is 10.7 Å². The van der Waals surface area contributed by atoms with Crippen molar-refractivity contribution in [2.45, 2.75) is 58.7 Å². The van der Waals surface area contributed by atoms with Gasteiger partial charge in [-0.15, -0.1) is 0 Å². The Hall–Kier alpha value is -1.00. The highest BCUT2D eigenvalue weighted by Crippen LogP contribution is 2.23. The summed E-state index contributed by atoms with van der Waals surface area (Å²) in [4.78, 5) is 12.3. The fourth-order valence-corrected chi connectivity index (χ4v) is 1.76. The zero-order valence-electron chi connectivity index (χ0n) is 12.4. The molecule has 0 radical (unpaired) electrons. The molecule has 4 nitrogen and oxygen atoms in total. The lowest BCUT2D eigenvalue weighted by molar-refractivity contribution is -0.00311. The number of carbonyl (C=O) groups excluding carboxylic acids is 1. The summed E-state index contributed by atoms with van der Waals surface area (Å²) in [6.45, 7) is 10.9. The van der Waals surface area contributed by atoms with E-state index < -0.39 is 11.1 Å². The molecule has 2 N–H and O–H groups in total. The summed E-state index contributed by atoms with van der Waals surface area (Å²) < 4.78 is 1.82. The minimum absolute atomic E-state index is 0.137. The van der Waals surface area contributed by atoms with E-state index in [0.717, 1.165) is 0 Å². The zero-order valence-corrected chi connectivity index (χ0v) is 13.2. The number of amides is 1. The summed E-state index contributed by atoms with van der Waals surface area (Å²) in [6.07, 6.45) is 1.73. The van der Waals surface area contributed by atoms with Crippen molar-refractivity contribution in [1.29, 1.82) is 0 Å². The molecule has 1 amide bonds.